The Balaban J connectivity index is 2.61. The number of rotatable bonds is 5. The van der Waals surface area contributed by atoms with E-state index >= 15 is 0 Å². The van der Waals surface area contributed by atoms with Crippen LogP contribution in [0.5, 0.6) is 0 Å². The second kappa shape index (κ2) is 5.01. The fourth-order valence-corrected chi connectivity index (χ4v) is 2.53. The lowest BCUT2D eigenvalue weighted by molar-refractivity contribution is 0.453. The summed E-state index contributed by atoms with van der Waals surface area (Å²) in [7, 11) is 0. The molecule has 1 heterocycles. The Labute approximate surface area is 110 Å². The van der Waals surface area contributed by atoms with Crippen LogP contribution >= 0.6 is 0 Å². The zero-order valence-corrected chi connectivity index (χ0v) is 11.7. The van der Waals surface area contributed by atoms with Crippen LogP contribution in [0.25, 0.3) is 10.9 Å². The normalized spacial score (nSPS) is 11.9. The summed E-state index contributed by atoms with van der Waals surface area (Å²) in [6.45, 7) is 10.7. The molecule has 0 atom stereocenters. The number of aryl methyl sites for hydroxylation is 1. The van der Waals surface area contributed by atoms with Gasteiger partial charge in [0.05, 0.1) is 5.54 Å². The van der Waals surface area contributed by atoms with Crippen LogP contribution in [0.3, 0.4) is 0 Å². The standard InChI is InChI=1S/C17H23N/c1-5-7-11-15-13-14-10-8-9-12-16(14)18(15)17(3,4)6-2/h6,8-10,12-13H,2,5,7,11H2,1,3-4H3. The van der Waals surface area contributed by atoms with Crippen LogP contribution in [0.1, 0.15) is 39.3 Å². The average molecular weight is 241 g/mol. The van der Waals surface area contributed by atoms with Gasteiger partial charge in [-0.2, -0.15) is 0 Å². The third-order valence-electron chi connectivity index (χ3n) is 3.65. The minimum Gasteiger partial charge on any atom is -0.336 e. The minimum absolute atomic E-state index is 0.0355. The molecule has 0 spiro atoms. The lowest BCUT2D eigenvalue weighted by atomic mass is 10.0. The molecule has 1 aromatic carbocycles. The highest BCUT2D eigenvalue weighted by atomic mass is 15.1. The number of hydrogen-bond acceptors (Lipinski definition) is 0. The van der Waals surface area contributed by atoms with E-state index in [0.29, 0.717) is 0 Å². The van der Waals surface area contributed by atoms with E-state index in [1.54, 1.807) is 0 Å². The van der Waals surface area contributed by atoms with Crippen molar-refractivity contribution in [2.24, 2.45) is 0 Å². The fraction of sp³-hybridized carbons (Fsp3) is 0.412. The number of para-hydroxylation sites is 1. The molecule has 0 aliphatic rings. The molecule has 0 bridgehead atoms. The van der Waals surface area contributed by atoms with Gasteiger partial charge in [-0.3, -0.25) is 0 Å². The summed E-state index contributed by atoms with van der Waals surface area (Å²) < 4.78 is 2.44. The van der Waals surface area contributed by atoms with Crippen LogP contribution in [0.4, 0.5) is 0 Å². The van der Waals surface area contributed by atoms with Crippen molar-refractivity contribution in [2.45, 2.75) is 45.6 Å². The molecule has 2 rings (SSSR count). The van der Waals surface area contributed by atoms with E-state index < -0.39 is 0 Å². The molecule has 18 heavy (non-hydrogen) atoms. The third kappa shape index (κ3) is 2.22. The van der Waals surface area contributed by atoms with Crippen LogP contribution in [0.2, 0.25) is 0 Å². The molecule has 1 nitrogen and oxygen atoms in total. The molecule has 2 aromatic rings. The lowest BCUT2D eigenvalue weighted by Crippen LogP contribution is -2.25. The number of aromatic nitrogens is 1. The highest BCUT2D eigenvalue weighted by Crippen LogP contribution is 2.29. The van der Waals surface area contributed by atoms with Gasteiger partial charge < -0.3 is 4.57 Å². The van der Waals surface area contributed by atoms with Gasteiger partial charge in [0.15, 0.2) is 0 Å². The first-order valence-electron chi connectivity index (χ1n) is 6.83. The van der Waals surface area contributed by atoms with E-state index in [-0.39, 0.29) is 5.54 Å². The van der Waals surface area contributed by atoms with Crippen molar-refractivity contribution in [3.05, 3.63) is 48.7 Å². The van der Waals surface area contributed by atoms with Crippen LogP contribution in [0.15, 0.2) is 43.0 Å². The lowest BCUT2D eigenvalue weighted by Gasteiger charge is -2.27. The first kappa shape index (κ1) is 12.9. The van der Waals surface area contributed by atoms with Crippen molar-refractivity contribution in [2.75, 3.05) is 0 Å². The van der Waals surface area contributed by atoms with Gasteiger partial charge in [0, 0.05) is 11.2 Å². The van der Waals surface area contributed by atoms with Gasteiger partial charge in [0.1, 0.15) is 0 Å². The summed E-state index contributed by atoms with van der Waals surface area (Å²) in [5, 5.41) is 1.33. The van der Waals surface area contributed by atoms with E-state index in [1.165, 1.54) is 29.4 Å². The largest absolute Gasteiger partial charge is 0.336 e. The topological polar surface area (TPSA) is 4.93 Å². The SMILES string of the molecule is C=CC(C)(C)n1c(CCCC)cc2ccccc21. The van der Waals surface area contributed by atoms with Crippen molar-refractivity contribution in [1.82, 2.24) is 4.57 Å². The molecule has 0 N–H and O–H groups in total. The molecule has 0 aliphatic carbocycles. The molecule has 0 unspecified atom stereocenters. The van der Waals surface area contributed by atoms with Crippen LogP contribution in [0, 0.1) is 0 Å². The van der Waals surface area contributed by atoms with Crippen molar-refractivity contribution >= 4 is 10.9 Å². The molecule has 1 heteroatoms. The number of unbranched alkanes of at least 4 members (excludes halogenated alkanes) is 1. The second-order valence-corrected chi connectivity index (χ2v) is 5.49. The Kier molecular flexibility index (Phi) is 3.60. The number of fused-ring (bicyclic) bond motifs is 1. The van der Waals surface area contributed by atoms with E-state index in [4.69, 9.17) is 0 Å². The van der Waals surface area contributed by atoms with Gasteiger partial charge in [-0.25, -0.2) is 0 Å². The van der Waals surface area contributed by atoms with E-state index in [0.717, 1.165) is 6.42 Å². The molecule has 0 radical (unpaired) electrons. The number of hydrogen-bond donors (Lipinski definition) is 0. The van der Waals surface area contributed by atoms with Crippen LogP contribution in [-0.4, -0.2) is 4.57 Å². The Morgan fingerprint density at radius 2 is 2.00 bits per heavy atom. The van der Waals surface area contributed by atoms with Crippen molar-refractivity contribution in [1.29, 1.82) is 0 Å². The molecule has 0 fully saturated rings. The minimum atomic E-state index is -0.0355. The Morgan fingerprint density at radius 3 is 2.67 bits per heavy atom. The zero-order chi connectivity index (χ0) is 13.2. The maximum Gasteiger partial charge on any atom is 0.0571 e. The Morgan fingerprint density at radius 1 is 1.28 bits per heavy atom. The quantitative estimate of drug-likeness (QED) is 0.656. The highest BCUT2D eigenvalue weighted by molar-refractivity contribution is 5.81. The van der Waals surface area contributed by atoms with Crippen molar-refractivity contribution in [3.63, 3.8) is 0 Å². The summed E-state index contributed by atoms with van der Waals surface area (Å²) in [6, 6.07) is 10.9. The van der Waals surface area contributed by atoms with Crippen molar-refractivity contribution < 1.29 is 0 Å². The third-order valence-corrected chi connectivity index (χ3v) is 3.65. The van der Waals surface area contributed by atoms with E-state index in [9.17, 15) is 0 Å². The summed E-state index contributed by atoms with van der Waals surface area (Å²) in [5.74, 6) is 0. The molecule has 0 aliphatic heterocycles. The van der Waals surface area contributed by atoms with Crippen LogP contribution in [-0.2, 0) is 12.0 Å². The maximum absolute atomic E-state index is 4.00. The van der Waals surface area contributed by atoms with Gasteiger partial charge in [0.25, 0.3) is 0 Å². The average Bonchev–Trinajstić information content (AvgIpc) is 2.75. The molecular weight excluding hydrogens is 218 g/mol. The van der Waals surface area contributed by atoms with Crippen LogP contribution < -0.4 is 0 Å². The van der Waals surface area contributed by atoms with Gasteiger partial charge in [-0.1, -0.05) is 37.6 Å². The van der Waals surface area contributed by atoms with Gasteiger partial charge in [0.2, 0.25) is 0 Å². The highest BCUT2D eigenvalue weighted by Gasteiger charge is 2.21. The Hall–Kier alpha value is -1.50. The fourth-order valence-electron chi connectivity index (χ4n) is 2.53. The molecule has 96 valence electrons. The summed E-state index contributed by atoms with van der Waals surface area (Å²) >= 11 is 0. The van der Waals surface area contributed by atoms with E-state index in [1.807, 2.05) is 6.08 Å². The van der Waals surface area contributed by atoms with Gasteiger partial charge >= 0.3 is 0 Å². The predicted octanol–water partition coefficient (Wildman–Crippen LogP) is 4.91. The summed E-state index contributed by atoms with van der Waals surface area (Å²) in [4.78, 5) is 0. The number of nitrogens with zero attached hydrogens (tertiary/aromatic N) is 1. The number of allylic oxidation sites excluding steroid dienone is 1. The Bertz CT molecular complexity index is 546. The first-order chi connectivity index (χ1) is 8.60. The molecule has 0 amide bonds. The smallest absolute Gasteiger partial charge is 0.0571 e. The maximum atomic E-state index is 4.00. The van der Waals surface area contributed by atoms with Crippen molar-refractivity contribution in [3.8, 4) is 0 Å². The summed E-state index contributed by atoms with van der Waals surface area (Å²) in [6.07, 6.45) is 5.65. The molecule has 0 saturated carbocycles. The van der Waals surface area contributed by atoms with Gasteiger partial charge in [-0.05, 0) is 44.2 Å². The monoisotopic (exact) mass is 241 g/mol. The summed E-state index contributed by atoms with van der Waals surface area (Å²) in [5.41, 5.74) is 2.70. The molecule has 1 aromatic heterocycles. The predicted molar refractivity (Wildman–Crippen MR) is 80.1 cm³/mol. The zero-order valence-electron chi connectivity index (χ0n) is 11.7. The first-order valence-corrected chi connectivity index (χ1v) is 6.83. The molecule has 0 saturated heterocycles. The second-order valence-electron chi connectivity index (χ2n) is 5.49. The van der Waals surface area contributed by atoms with Gasteiger partial charge in [-0.15, -0.1) is 6.58 Å². The molecular formula is C17H23N. The number of benzene rings is 1. The van der Waals surface area contributed by atoms with E-state index in [2.05, 4.69) is 62.2 Å².